The van der Waals surface area contributed by atoms with Crippen molar-refractivity contribution in [3.63, 3.8) is 0 Å². The monoisotopic (exact) mass is 312 g/mol. The average molecular weight is 312 g/mol. The third-order valence-electron chi connectivity index (χ3n) is 3.97. The van der Waals surface area contributed by atoms with Crippen molar-refractivity contribution in [2.45, 2.75) is 103 Å². The van der Waals surface area contributed by atoms with Gasteiger partial charge in [-0.15, -0.1) is 0 Å². The highest BCUT2D eigenvalue weighted by atomic mass is 16.4. The number of carbonyl (C=O) groups is 1. The largest absolute Gasteiger partial charge is 0.481 e. The minimum atomic E-state index is -0.674. The van der Waals surface area contributed by atoms with Crippen molar-refractivity contribution in [2.24, 2.45) is 0 Å². The number of aliphatic carboxylic acids is 1. The molecule has 0 aromatic rings. The van der Waals surface area contributed by atoms with Crippen molar-refractivity contribution in [1.82, 2.24) is 0 Å². The molecule has 0 amide bonds. The number of unbranched alkanes of at least 4 members (excludes halogenated alkanes) is 10. The Morgan fingerprint density at radius 2 is 1.45 bits per heavy atom. The van der Waals surface area contributed by atoms with E-state index in [4.69, 9.17) is 5.11 Å². The molecule has 0 aliphatic heterocycles. The van der Waals surface area contributed by atoms with Gasteiger partial charge in [0.1, 0.15) is 0 Å². The molecule has 0 saturated heterocycles. The molecular weight excluding hydrogens is 276 g/mol. The van der Waals surface area contributed by atoms with Crippen LogP contribution >= 0.6 is 0 Å². The van der Waals surface area contributed by atoms with E-state index in [9.17, 15) is 9.90 Å². The molecule has 2 N–H and O–H groups in total. The molecule has 0 aromatic heterocycles. The van der Waals surface area contributed by atoms with Crippen LogP contribution in [0.5, 0.6) is 0 Å². The molecule has 3 heteroatoms. The zero-order valence-corrected chi connectivity index (χ0v) is 14.4. The van der Waals surface area contributed by atoms with E-state index in [0.717, 1.165) is 38.5 Å². The smallest absolute Gasteiger partial charge is 0.303 e. The summed E-state index contributed by atoms with van der Waals surface area (Å²) in [6.07, 6.45) is 19.0. The summed E-state index contributed by atoms with van der Waals surface area (Å²) in [5.74, 6) is -0.674. The van der Waals surface area contributed by atoms with Gasteiger partial charge in [-0.1, -0.05) is 76.9 Å². The molecule has 0 aliphatic carbocycles. The predicted octanol–water partition coefficient (Wildman–Crippen LogP) is 5.47. The molecule has 0 heterocycles. The number of allylic oxidation sites excluding steroid dienone is 1. The Bertz CT molecular complexity index is 274. The first-order valence-electron chi connectivity index (χ1n) is 9.23. The van der Waals surface area contributed by atoms with Gasteiger partial charge in [-0.25, -0.2) is 0 Å². The van der Waals surface area contributed by atoms with Gasteiger partial charge in [-0.2, -0.15) is 0 Å². The summed E-state index contributed by atoms with van der Waals surface area (Å²) in [7, 11) is 0. The lowest BCUT2D eigenvalue weighted by Crippen LogP contribution is -2.00. The van der Waals surface area contributed by atoms with Crippen molar-refractivity contribution in [1.29, 1.82) is 0 Å². The Balaban J connectivity index is 3.17. The molecule has 0 aliphatic rings. The van der Waals surface area contributed by atoms with Crippen LogP contribution in [0.2, 0.25) is 0 Å². The quantitative estimate of drug-likeness (QED) is 0.293. The zero-order chi connectivity index (χ0) is 16.5. The maximum absolute atomic E-state index is 10.3. The number of carboxylic acids is 1. The Labute approximate surface area is 136 Å². The van der Waals surface area contributed by atoms with Crippen molar-refractivity contribution in [3.05, 3.63) is 12.2 Å². The summed E-state index contributed by atoms with van der Waals surface area (Å²) in [5.41, 5.74) is 0. The van der Waals surface area contributed by atoms with E-state index in [0.29, 0.717) is 6.42 Å². The lowest BCUT2D eigenvalue weighted by molar-refractivity contribution is -0.137. The van der Waals surface area contributed by atoms with Crippen LogP contribution in [0.25, 0.3) is 0 Å². The third kappa shape index (κ3) is 17.2. The van der Waals surface area contributed by atoms with E-state index in [-0.39, 0.29) is 6.10 Å². The first-order chi connectivity index (χ1) is 10.7. The van der Waals surface area contributed by atoms with Gasteiger partial charge in [0.05, 0.1) is 6.10 Å². The minimum absolute atomic E-state index is 0.249. The summed E-state index contributed by atoms with van der Waals surface area (Å²) < 4.78 is 0. The molecule has 3 nitrogen and oxygen atoms in total. The van der Waals surface area contributed by atoms with Crippen LogP contribution < -0.4 is 0 Å². The molecule has 130 valence electrons. The lowest BCUT2D eigenvalue weighted by atomic mass is 10.1. The van der Waals surface area contributed by atoms with E-state index in [2.05, 4.69) is 13.0 Å². The van der Waals surface area contributed by atoms with Crippen LogP contribution in [0.1, 0.15) is 96.8 Å². The van der Waals surface area contributed by atoms with Crippen LogP contribution in [0.4, 0.5) is 0 Å². The topological polar surface area (TPSA) is 57.5 Å². The van der Waals surface area contributed by atoms with Gasteiger partial charge in [-0.05, 0) is 25.7 Å². The Hall–Kier alpha value is -0.830. The molecule has 0 saturated carbocycles. The number of rotatable bonds is 16. The van der Waals surface area contributed by atoms with Gasteiger partial charge in [0, 0.05) is 6.42 Å². The molecule has 22 heavy (non-hydrogen) atoms. The fraction of sp³-hybridized carbons (Fsp3) is 0.842. The number of aliphatic hydroxyl groups excluding tert-OH is 1. The van der Waals surface area contributed by atoms with E-state index >= 15 is 0 Å². The summed E-state index contributed by atoms with van der Waals surface area (Å²) in [6.45, 7) is 2.15. The fourth-order valence-corrected chi connectivity index (χ4v) is 2.54. The fourth-order valence-electron chi connectivity index (χ4n) is 2.54. The Morgan fingerprint density at radius 3 is 2.00 bits per heavy atom. The summed E-state index contributed by atoms with van der Waals surface area (Å²) in [6, 6.07) is 0. The number of hydrogen-bond donors (Lipinski definition) is 2. The maximum atomic E-state index is 10.3. The van der Waals surface area contributed by atoms with E-state index in [1.54, 1.807) is 0 Å². The van der Waals surface area contributed by atoms with Gasteiger partial charge in [0.2, 0.25) is 0 Å². The van der Waals surface area contributed by atoms with Gasteiger partial charge < -0.3 is 10.2 Å². The third-order valence-corrected chi connectivity index (χ3v) is 3.97. The number of hydrogen-bond acceptors (Lipinski definition) is 2. The first-order valence-corrected chi connectivity index (χ1v) is 9.23. The molecule has 0 aromatic carbocycles. The van der Waals surface area contributed by atoms with Gasteiger partial charge in [0.25, 0.3) is 0 Å². The molecule has 0 radical (unpaired) electrons. The SMILES string of the molecule is CCCC[C@@H](O)C=CCCCCCCCCCCCC(=O)O. The zero-order valence-electron chi connectivity index (χ0n) is 14.4. The average Bonchev–Trinajstić information content (AvgIpc) is 2.49. The van der Waals surface area contributed by atoms with Crippen LogP contribution in [0.15, 0.2) is 12.2 Å². The van der Waals surface area contributed by atoms with Gasteiger partial charge >= 0.3 is 5.97 Å². The minimum Gasteiger partial charge on any atom is -0.481 e. The molecule has 0 spiro atoms. The highest BCUT2D eigenvalue weighted by Gasteiger charge is 1.97. The molecule has 0 unspecified atom stereocenters. The van der Waals surface area contributed by atoms with Gasteiger partial charge in [-0.3, -0.25) is 4.79 Å². The highest BCUT2D eigenvalue weighted by Crippen LogP contribution is 2.11. The van der Waals surface area contributed by atoms with E-state index in [1.165, 1.54) is 44.9 Å². The summed E-state index contributed by atoms with van der Waals surface area (Å²) in [5, 5.41) is 18.2. The summed E-state index contributed by atoms with van der Waals surface area (Å²) >= 11 is 0. The van der Waals surface area contributed by atoms with Crippen molar-refractivity contribution in [3.8, 4) is 0 Å². The maximum Gasteiger partial charge on any atom is 0.303 e. The number of carboxylic acid groups (broad SMARTS) is 1. The van der Waals surface area contributed by atoms with Crippen molar-refractivity contribution >= 4 is 5.97 Å². The molecule has 0 fully saturated rings. The standard InChI is InChI=1S/C19H36O3/c1-2-3-15-18(20)16-13-11-9-7-5-4-6-8-10-12-14-17-19(21)22/h13,16,18,20H,2-12,14-15,17H2,1H3,(H,21,22)/t18-/m1/s1. The van der Waals surface area contributed by atoms with E-state index in [1.807, 2.05) is 6.08 Å². The molecule has 0 bridgehead atoms. The second kappa shape index (κ2) is 16.5. The molecule has 0 rings (SSSR count). The Kier molecular flexibility index (Phi) is 15.9. The van der Waals surface area contributed by atoms with Gasteiger partial charge in [0.15, 0.2) is 0 Å². The molecular formula is C19H36O3. The summed E-state index contributed by atoms with van der Waals surface area (Å²) in [4.78, 5) is 10.3. The van der Waals surface area contributed by atoms with E-state index < -0.39 is 5.97 Å². The van der Waals surface area contributed by atoms with Crippen molar-refractivity contribution < 1.29 is 15.0 Å². The lowest BCUT2D eigenvalue weighted by Gasteiger charge is -2.03. The van der Waals surface area contributed by atoms with Crippen LogP contribution in [0, 0.1) is 0 Å². The number of aliphatic hydroxyl groups is 1. The van der Waals surface area contributed by atoms with Crippen LogP contribution in [-0.4, -0.2) is 22.3 Å². The highest BCUT2D eigenvalue weighted by molar-refractivity contribution is 5.66. The van der Waals surface area contributed by atoms with Crippen molar-refractivity contribution in [2.75, 3.05) is 0 Å². The van der Waals surface area contributed by atoms with Crippen LogP contribution in [0.3, 0.4) is 0 Å². The molecule has 1 atom stereocenters. The second-order valence-electron chi connectivity index (χ2n) is 6.25. The first kappa shape index (κ1) is 21.2. The Morgan fingerprint density at radius 1 is 0.909 bits per heavy atom. The normalized spacial score (nSPS) is 12.8. The second-order valence-corrected chi connectivity index (χ2v) is 6.25. The predicted molar refractivity (Wildman–Crippen MR) is 93.1 cm³/mol. The van der Waals surface area contributed by atoms with Crippen LogP contribution in [-0.2, 0) is 4.79 Å².